The zero-order valence-corrected chi connectivity index (χ0v) is 29.1. The van der Waals surface area contributed by atoms with Crippen molar-refractivity contribution in [1.82, 2.24) is 49.2 Å². The highest BCUT2D eigenvalue weighted by Gasteiger charge is 2.13. The van der Waals surface area contributed by atoms with Crippen LogP contribution in [0.25, 0.3) is 17.0 Å². The molecule has 2 amide bonds. The molecule has 0 aliphatic carbocycles. The van der Waals surface area contributed by atoms with Crippen LogP contribution in [0.15, 0.2) is 119 Å². The molecule has 0 bridgehead atoms. The van der Waals surface area contributed by atoms with Gasteiger partial charge in [-0.05, 0) is 94.2 Å². The Kier molecular flexibility index (Phi) is 11.3. The summed E-state index contributed by atoms with van der Waals surface area (Å²) in [5, 5.41) is 9.93. The molecule has 0 spiro atoms. The van der Waals surface area contributed by atoms with Crippen LogP contribution in [-0.4, -0.2) is 56.4 Å². The lowest BCUT2D eigenvalue weighted by atomic mass is 10.2. The second-order valence-corrected chi connectivity index (χ2v) is 12.4. The number of pyridine rings is 4. The van der Waals surface area contributed by atoms with Crippen LogP contribution in [0.5, 0.6) is 0 Å². The Morgan fingerprint density at radius 1 is 0.792 bits per heavy atom. The first kappa shape index (κ1) is 33.9. The van der Waals surface area contributed by atoms with Crippen LogP contribution in [0.2, 0.25) is 0 Å². The number of hydrogen-bond acceptors (Lipinski definition) is 8. The lowest BCUT2D eigenvalue weighted by molar-refractivity contribution is 0.0936. The number of anilines is 1. The fraction of sp³-hybridized carbons (Fsp3) is 0.121. The molecule has 0 aliphatic rings. The summed E-state index contributed by atoms with van der Waals surface area (Å²) in [6, 6.07) is 16.1. The van der Waals surface area contributed by atoms with Gasteiger partial charge in [-0.15, -0.1) is 0 Å². The number of hydrogen-bond donors (Lipinski definition) is 3. The van der Waals surface area contributed by atoms with Gasteiger partial charge in [0.15, 0.2) is 0 Å². The minimum absolute atomic E-state index is 0.0113. The predicted octanol–water partition coefficient (Wildman–Crippen LogP) is 5.51. The predicted molar refractivity (Wildman–Crippen MR) is 190 cm³/mol. The van der Waals surface area contributed by atoms with Crippen molar-refractivity contribution in [3.63, 3.8) is 0 Å². The van der Waals surface area contributed by atoms with E-state index in [1.165, 1.54) is 0 Å². The third-order valence-electron chi connectivity index (χ3n) is 6.46. The fourth-order valence-electron chi connectivity index (χ4n) is 4.21. The lowest BCUT2D eigenvalue weighted by Crippen LogP contribution is -2.31. The molecule has 0 atom stereocenters. The number of amides is 2. The van der Waals surface area contributed by atoms with Crippen molar-refractivity contribution in [1.29, 1.82) is 0 Å². The Labute approximate surface area is 292 Å². The van der Waals surface area contributed by atoms with Gasteiger partial charge in [-0.3, -0.25) is 9.59 Å². The number of nitrogens with zero attached hydrogens (tertiary/aromatic N) is 8. The van der Waals surface area contributed by atoms with Crippen LogP contribution in [0.1, 0.15) is 40.4 Å². The topological polar surface area (TPSA) is 162 Å². The smallest absolute Gasteiger partial charge is 0.270 e. The molecule has 4 N–H and O–H groups in total. The van der Waals surface area contributed by atoms with Crippen molar-refractivity contribution in [2.24, 2.45) is 0 Å². The average Bonchev–Trinajstić information content (AvgIpc) is 3.86. The van der Waals surface area contributed by atoms with E-state index in [2.05, 4.69) is 67.5 Å². The van der Waals surface area contributed by atoms with E-state index in [0.717, 1.165) is 31.5 Å². The summed E-state index contributed by atoms with van der Waals surface area (Å²) in [6.07, 6.45) is 16.4. The molecule has 48 heavy (non-hydrogen) atoms. The first-order valence-electron chi connectivity index (χ1n) is 14.6. The Morgan fingerprint density at radius 3 is 2.12 bits per heavy atom. The second kappa shape index (κ2) is 15.9. The van der Waals surface area contributed by atoms with Crippen LogP contribution in [0, 0.1) is 0 Å². The third-order valence-corrected chi connectivity index (χ3v) is 7.40. The molecule has 0 saturated heterocycles. The van der Waals surface area contributed by atoms with Crippen molar-refractivity contribution >= 4 is 60.8 Å². The van der Waals surface area contributed by atoms with Gasteiger partial charge >= 0.3 is 0 Å². The first-order chi connectivity index (χ1) is 23.1. The Hall–Kier alpha value is -5.41. The van der Waals surface area contributed by atoms with E-state index in [9.17, 15) is 9.59 Å². The van der Waals surface area contributed by atoms with E-state index < -0.39 is 0 Å². The highest BCUT2D eigenvalue weighted by molar-refractivity contribution is 9.10. The lowest BCUT2D eigenvalue weighted by Gasteiger charge is -2.08. The van der Waals surface area contributed by atoms with Crippen LogP contribution < -0.4 is 16.4 Å². The number of rotatable bonds is 6. The molecule has 0 unspecified atom stereocenters. The zero-order chi connectivity index (χ0) is 34.0. The molecule has 7 aromatic heterocycles. The van der Waals surface area contributed by atoms with Gasteiger partial charge in [0, 0.05) is 76.7 Å². The summed E-state index contributed by atoms with van der Waals surface area (Å²) < 4.78 is 7.62. The maximum Gasteiger partial charge on any atom is 0.270 e. The summed E-state index contributed by atoms with van der Waals surface area (Å²) in [5.74, 6) is -0.120. The molecular formula is C33H31Br2N11O2. The van der Waals surface area contributed by atoms with E-state index in [0.29, 0.717) is 5.82 Å². The van der Waals surface area contributed by atoms with E-state index in [1.807, 2.05) is 84.0 Å². The zero-order valence-electron chi connectivity index (χ0n) is 25.9. The van der Waals surface area contributed by atoms with Crippen molar-refractivity contribution in [2.45, 2.75) is 26.4 Å². The Morgan fingerprint density at radius 2 is 1.46 bits per heavy atom. The molecule has 0 aliphatic heterocycles. The van der Waals surface area contributed by atoms with E-state index in [1.54, 1.807) is 53.7 Å². The monoisotopic (exact) mass is 771 g/mol. The molecule has 7 rings (SSSR count). The number of nitrogens with one attached hydrogen (secondary N) is 2. The fourth-order valence-corrected chi connectivity index (χ4v) is 4.80. The first-order valence-corrected chi connectivity index (χ1v) is 16.2. The van der Waals surface area contributed by atoms with Crippen molar-refractivity contribution < 1.29 is 9.59 Å². The molecule has 7 aromatic rings. The largest absolute Gasteiger partial charge is 0.384 e. The molecule has 15 heteroatoms. The summed E-state index contributed by atoms with van der Waals surface area (Å²) in [4.78, 5) is 40.8. The molecular weight excluding hydrogens is 742 g/mol. The number of nitrogens with two attached hydrogens (primary N) is 1. The number of aromatic nitrogens is 8. The van der Waals surface area contributed by atoms with Crippen LogP contribution in [0.3, 0.4) is 0 Å². The quantitative estimate of drug-likeness (QED) is 0.200. The number of nitrogen functional groups attached to an aromatic ring is 1. The van der Waals surface area contributed by atoms with Gasteiger partial charge in [-0.2, -0.15) is 5.10 Å². The standard InChI is InChI=1S/C21H21N7O2.C7H5BrN2.C5H5BrN2/c1-14(2)25-21(30)18-5-3-4-17(26-18)20(29)23-10-15-11-24-28(12-15)16-6-7-19-22-8-9-27(19)13-16;8-6-1-2-7-9-3-4-10(7)5-6;6-4-1-2-5(7)8-3-4/h3-9,11-14H,10H2,1-2H3,(H,23,29)(H,25,30);1-5H;1-3H,(H2,7,8). The van der Waals surface area contributed by atoms with Gasteiger partial charge in [0.2, 0.25) is 0 Å². The number of carbonyl (C=O) groups excluding carboxylic acids is 2. The van der Waals surface area contributed by atoms with E-state index in [4.69, 9.17) is 5.73 Å². The minimum atomic E-state index is -0.359. The van der Waals surface area contributed by atoms with Crippen LogP contribution in [0.4, 0.5) is 5.82 Å². The molecule has 13 nitrogen and oxygen atoms in total. The number of carbonyl (C=O) groups is 2. The SMILES string of the molecule is Brc1ccc2nccn2c1.CC(C)NC(=O)c1cccc(C(=O)NCc2cnn(-c3ccc4nccn4c3)c2)n1.Nc1ccc(Br)cn1. The van der Waals surface area contributed by atoms with Gasteiger partial charge < -0.3 is 25.2 Å². The van der Waals surface area contributed by atoms with Gasteiger partial charge in [0.1, 0.15) is 28.5 Å². The maximum atomic E-state index is 12.5. The second-order valence-electron chi connectivity index (χ2n) is 10.5. The molecule has 0 fully saturated rings. The van der Waals surface area contributed by atoms with Crippen molar-refractivity contribution in [3.8, 4) is 5.69 Å². The molecule has 0 saturated carbocycles. The summed E-state index contributed by atoms with van der Waals surface area (Å²) in [6.45, 7) is 4.01. The maximum absolute atomic E-state index is 12.5. The third kappa shape index (κ3) is 9.33. The average molecular weight is 773 g/mol. The Bertz CT molecular complexity index is 2120. The summed E-state index contributed by atoms with van der Waals surface area (Å²) in [5.41, 5.74) is 9.23. The molecule has 7 heterocycles. The highest BCUT2D eigenvalue weighted by atomic mass is 79.9. The minimum Gasteiger partial charge on any atom is -0.384 e. The number of halogens is 2. The number of fused-ring (bicyclic) bond motifs is 2. The summed E-state index contributed by atoms with van der Waals surface area (Å²) in [7, 11) is 0. The van der Waals surface area contributed by atoms with Gasteiger partial charge in [0.05, 0.1) is 11.9 Å². The van der Waals surface area contributed by atoms with Crippen LogP contribution >= 0.6 is 31.9 Å². The van der Waals surface area contributed by atoms with Gasteiger partial charge in [0.25, 0.3) is 11.8 Å². The van der Waals surface area contributed by atoms with Gasteiger partial charge in [-0.25, -0.2) is 24.6 Å². The van der Waals surface area contributed by atoms with E-state index in [-0.39, 0.29) is 35.8 Å². The summed E-state index contributed by atoms with van der Waals surface area (Å²) >= 11 is 6.60. The van der Waals surface area contributed by atoms with Crippen molar-refractivity contribution in [2.75, 3.05) is 5.73 Å². The Balaban J connectivity index is 0.000000201. The highest BCUT2D eigenvalue weighted by Crippen LogP contribution is 2.12. The molecule has 244 valence electrons. The van der Waals surface area contributed by atoms with Crippen LogP contribution in [-0.2, 0) is 6.54 Å². The molecule has 0 aromatic carbocycles. The number of imidazole rings is 2. The van der Waals surface area contributed by atoms with Gasteiger partial charge in [-0.1, -0.05) is 6.07 Å². The van der Waals surface area contributed by atoms with E-state index >= 15 is 0 Å². The van der Waals surface area contributed by atoms with Crippen molar-refractivity contribution in [3.05, 3.63) is 136 Å². The molecule has 0 radical (unpaired) electrons. The normalized spacial score (nSPS) is 10.6.